The van der Waals surface area contributed by atoms with Gasteiger partial charge in [-0.3, -0.25) is 4.79 Å². The highest BCUT2D eigenvalue weighted by molar-refractivity contribution is 6.34. The second kappa shape index (κ2) is 8.51. The molecule has 0 aliphatic carbocycles. The van der Waals surface area contributed by atoms with E-state index in [2.05, 4.69) is 15.3 Å². The van der Waals surface area contributed by atoms with Crippen molar-refractivity contribution in [2.24, 2.45) is 0 Å². The Morgan fingerprint density at radius 3 is 2.50 bits per heavy atom. The Morgan fingerprint density at radius 2 is 1.77 bits per heavy atom. The first kappa shape index (κ1) is 18.0. The minimum atomic E-state index is -0.332. The van der Waals surface area contributed by atoms with E-state index < -0.39 is 0 Å². The van der Waals surface area contributed by atoms with Crippen LogP contribution in [-0.2, 0) is 4.79 Å². The number of carbonyl (C=O) groups excluding carboxylic acids is 1. The molecule has 0 saturated heterocycles. The lowest BCUT2D eigenvalue weighted by Crippen LogP contribution is -2.20. The number of benzene rings is 2. The van der Waals surface area contributed by atoms with Gasteiger partial charge in [-0.2, -0.15) is 0 Å². The van der Waals surface area contributed by atoms with Gasteiger partial charge in [0.2, 0.25) is 0 Å². The third-order valence-electron chi connectivity index (χ3n) is 3.14. The van der Waals surface area contributed by atoms with Gasteiger partial charge in [0, 0.05) is 29.2 Å². The molecule has 3 aromatic rings. The Labute approximate surface area is 159 Å². The summed E-state index contributed by atoms with van der Waals surface area (Å²) in [5, 5.41) is 3.57. The van der Waals surface area contributed by atoms with Crippen molar-refractivity contribution in [1.82, 2.24) is 9.97 Å². The van der Waals surface area contributed by atoms with Crippen LogP contribution in [0.1, 0.15) is 0 Å². The molecule has 0 bridgehead atoms. The Hall–Kier alpha value is -2.83. The molecule has 132 valence electrons. The molecule has 6 nitrogen and oxygen atoms in total. The van der Waals surface area contributed by atoms with Crippen LogP contribution >= 0.6 is 23.2 Å². The van der Waals surface area contributed by atoms with Crippen molar-refractivity contribution in [1.29, 1.82) is 0 Å². The number of nitrogens with zero attached hydrogens (tertiary/aromatic N) is 2. The molecule has 1 heterocycles. The topological polar surface area (TPSA) is 73.3 Å². The van der Waals surface area contributed by atoms with Gasteiger partial charge < -0.3 is 14.8 Å². The van der Waals surface area contributed by atoms with E-state index >= 15 is 0 Å². The normalized spacial score (nSPS) is 10.2. The minimum Gasteiger partial charge on any atom is -0.482 e. The second-order valence-electron chi connectivity index (χ2n) is 5.07. The van der Waals surface area contributed by atoms with Gasteiger partial charge in [-0.25, -0.2) is 9.97 Å². The van der Waals surface area contributed by atoms with Crippen LogP contribution in [0.5, 0.6) is 17.5 Å². The molecule has 0 aliphatic heterocycles. The number of carbonyl (C=O) groups is 1. The lowest BCUT2D eigenvalue weighted by atomic mass is 10.3. The number of hydrogen-bond donors (Lipinski definition) is 1. The van der Waals surface area contributed by atoms with Crippen LogP contribution in [0, 0.1) is 0 Å². The fraction of sp³-hybridized carbons (Fsp3) is 0.0556. The van der Waals surface area contributed by atoms with Crippen molar-refractivity contribution in [3.63, 3.8) is 0 Å². The van der Waals surface area contributed by atoms with Crippen LogP contribution in [0.15, 0.2) is 60.9 Å². The predicted octanol–water partition coefficient (Wildman–Crippen LogP) is 4.59. The first-order valence-electron chi connectivity index (χ1n) is 7.53. The van der Waals surface area contributed by atoms with E-state index in [1.807, 2.05) is 0 Å². The number of hydrogen-bond acceptors (Lipinski definition) is 5. The lowest BCUT2D eigenvalue weighted by molar-refractivity contribution is -0.118. The zero-order valence-electron chi connectivity index (χ0n) is 13.4. The number of aromatic nitrogens is 2. The number of amides is 1. The maximum atomic E-state index is 12.0. The molecular weight excluding hydrogens is 377 g/mol. The number of anilines is 1. The number of nitrogens with one attached hydrogen (secondary N) is 1. The van der Waals surface area contributed by atoms with Gasteiger partial charge >= 0.3 is 6.01 Å². The van der Waals surface area contributed by atoms with Gasteiger partial charge in [0.25, 0.3) is 5.91 Å². The molecule has 0 atom stereocenters. The number of ether oxygens (including phenoxy) is 2. The SMILES string of the molecule is O=C(COc1cc(Cl)ccc1Cl)Nc1ccc(Oc2ncccn2)cc1. The summed E-state index contributed by atoms with van der Waals surface area (Å²) in [5.41, 5.74) is 0.595. The van der Waals surface area contributed by atoms with Crippen molar-refractivity contribution < 1.29 is 14.3 Å². The van der Waals surface area contributed by atoms with Crippen molar-refractivity contribution in [2.45, 2.75) is 0 Å². The van der Waals surface area contributed by atoms with Crippen LogP contribution < -0.4 is 14.8 Å². The Morgan fingerprint density at radius 1 is 1.04 bits per heavy atom. The lowest BCUT2D eigenvalue weighted by Gasteiger charge is -2.09. The molecule has 26 heavy (non-hydrogen) atoms. The predicted molar refractivity (Wildman–Crippen MR) is 99.1 cm³/mol. The molecular formula is C18H13Cl2N3O3. The van der Waals surface area contributed by atoms with E-state index in [1.54, 1.807) is 60.9 Å². The van der Waals surface area contributed by atoms with Crippen LogP contribution in [0.3, 0.4) is 0 Å². The molecule has 0 unspecified atom stereocenters. The quantitative estimate of drug-likeness (QED) is 0.666. The van der Waals surface area contributed by atoms with E-state index in [4.69, 9.17) is 32.7 Å². The third kappa shape index (κ3) is 5.08. The highest BCUT2D eigenvalue weighted by atomic mass is 35.5. The molecule has 2 aromatic carbocycles. The summed E-state index contributed by atoms with van der Waals surface area (Å²) in [5.74, 6) is 0.568. The van der Waals surface area contributed by atoms with Gasteiger partial charge in [-0.1, -0.05) is 23.2 Å². The van der Waals surface area contributed by atoms with E-state index in [-0.39, 0.29) is 18.5 Å². The summed E-state index contributed by atoms with van der Waals surface area (Å²) in [4.78, 5) is 19.9. The monoisotopic (exact) mass is 389 g/mol. The van der Waals surface area contributed by atoms with Crippen molar-refractivity contribution in [3.8, 4) is 17.5 Å². The highest BCUT2D eigenvalue weighted by Gasteiger charge is 2.08. The van der Waals surface area contributed by atoms with Crippen LogP contribution in [0.2, 0.25) is 10.0 Å². The van der Waals surface area contributed by atoms with Crippen LogP contribution in [0.25, 0.3) is 0 Å². The molecule has 0 aliphatic rings. The Bertz CT molecular complexity index is 890. The Kier molecular flexibility index (Phi) is 5.88. The molecule has 8 heteroatoms. The molecule has 0 fully saturated rings. The summed E-state index contributed by atoms with van der Waals surface area (Å²) in [6.07, 6.45) is 3.17. The fourth-order valence-electron chi connectivity index (χ4n) is 1.98. The molecule has 1 amide bonds. The molecule has 1 N–H and O–H groups in total. The molecule has 0 spiro atoms. The zero-order valence-corrected chi connectivity index (χ0v) is 14.9. The minimum absolute atomic E-state index is 0.198. The standard InChI is InChI=1S/C18H13Cl2N3O3/c19-12-2-7-15(20)16(10-12)25-11-17(24)23-13-3-5-14(6-4-13)26-18-21-8-1-9-22-18/h1-10H,11H2,(H,23,24). The molecule has 0 radical (unpaired) electrons. The van der Waals surface area contributed by atoms with Gasteiger partial charge in [-0.15, -0.1) is 0 Å². The molecule has 3 rings (SSSR count). The van der Waals surface area contributed by atoms with E-state index in [1.165, 1.54) is 0 Å². The first-order valence-corrected chi connectivity index (χ1v) is 8.28. The van der Waals surface area contributed by atoms with Crippen molar-refractivity contribution >= 4 is 34.8 Å². The van der Waals surface area contributed by atoms with Crippen LogP contribution in [-0.4, -0.2) is 22.5 Å². The van der Waals surface area contributed by atoms with Gasteiger partial charge in [0.15, 0.2) is 6.61 Å². The third-order valence-corrected chi connectivity index (χ3v) is 3.69. The van der Waals surface area contributed by atoms with E-state index in [0.29, 0.717) is 27.2 Å². The summed E-state index contributed by atoms with van der Waals surface area (Å²) < 4.78 is 10.9. The number of halogens is 2. The highest BCUT2D eigenvalue weighted by Crippen LogP contribution is 2.27. The Balaban J connectivity index is 1.53. The summed E-state index contributed by atoms with van der Waals surface area (Å²) in [6, 6.07) is 13.5. The maximum absolute atomic E-state index is 12.0. The summed E-state index contributed by atoms with van der Waals surface area (Å²) >= 11 is 11.9. The average Bonchev–Trinajstić information content (AvgIpc) is 2.65. The first-order chi connectivity index (χ1) is 12.6. The molecule has 0 saturated carbocycles. The fourth-order valence-corrected chi connectivity index (χ4v) is 2.31. The van der Waals surface area contributed by atoms with E-state index in [9.17, 15) is 4.79 Å². The second-order valence-corrected chi connectivity index (χ2v) is 5.91. The van der Waals surface area contributed by atoms with Gasteiger partial charge in [0.05, 0.1) is 5.02 Å². The summed E-state index contributed by atoms with van der Waals surface area (Å²) in [6.45, 7) is -0.198. The van der Waals surface area contributed by atoms with Crippen molar-refractivity contribution in [3.05, 3.63) is 71.0 Å². The average molecular weight is 390 g/mol. The zero-order chi connectivity index (χ0) is 18.4. The molecule has 1 aromatic heterocycles. The van der Waals surface area contributed by atoms with Crippen LogP contribution in [0.4, 0.5) is 5.69 Å². The smallest absolute Gasteiger partial charge is 0.321 e. The van der Waals surface area contributed by atoms with E-state index in [0.717, 1.165) is 0 Å². The number of rotatable bonds is 6. The summed E-state index contributed by atoms with van der Waals surface area (Å²) in [7, 11) is 0. The van der Waals surface area contributed by atoms with Crippen molar-refractivity contribution in [2.75, 3.05) is 11.9 Å². The van der Waals surface area contributed by atoms with Gasteiger partial charge in [0.1, 0.15) is 11.5 Å². The maximum Gasteiger partial charge on any atom is 0.321 e. The van der Waals surface area contributed by atoms with Gasteiger partial charge in [-0.05, 0) is 42.5 Å². The largest absolute Gasteiger partial charge is 0.482 e.